The molecular weight excluding hydrogens is 332 g/mol. The Morgan fingerprint density at radius 3 is 2.48 bits per heavy atom. The average Bonchev–Trinajstić information content (AvgIpc) is 2.78. The Morgan fingerprint density at radius 2 is 1.88 bits per heavy atom. The first-order valence-corrected chi connectivity index (χ1v) is 7.59. The minimum absolute atomic E-state index is 0.120. The monoisotopic (exact) mass is 347 g/mol. The zero-order valence-electron chi connectivity index (χ0n) is 13.8. The zero-order chi connectivity index (χ0) is 18.3. The first kappa shape index (κ1) is 16.8. The third-order valence-electron chi connectivity index (χ3n) is 3.94. The van der Waals surface area contributed by atoms with Crippen molar-refractivity contribution in [3.8, 4) is 5.69 Å². The summed E-state index contributed by atoms with van der Waals surface area (Å²) in [5, 5.41) is 0.246. The molecule has 3 rings (SSSR count). The molecule has 1 aromatic carbocycles. The second-order valence-corrected chi connectivity index (χ2v) is 5.51. The van der Waals surface area contributed by atoms with Gasteiger partial charge in [0.2, 0.25) is 5.82 Å². The van der Waals surface area contributed by atoms with Gasteiger partial charge in [0.25, 0.3) is 5.56 Å². The molecule has 0 atom stereocenters. The predicted molar refractivity (Wildman–Crippen MR) is 87.0 cm³/mol. The Morgan fingerprint density at radius 1 is 1.24 bits per heavy atom. The lowest BCUT2D eigenvalue weighted by Gasteiger charge is -2.09. The predicted octanol–water partition coefficient (Wildman–Crippen LogP) is 2.79. The van der Waals surface area contributed by atoms with Crippen LogP contribution >= 0.6 is 0 Å². The number of aryl methyl sites for hydroxylation is 1. The number of fused-ring (bicyclic) bond motifs is 1. The van der Waals surface area contributed by atoms with E-state index in [-0.39, 0.29) is 29.2 Å². The van der Waals surface area contributed by atoms with Gasteiger partial charge in [0.15, 0.2) is 5.65 Å². The molecular formula is C17H15F2N3O3. The molecule has 0 aliphatic carbocycles. The Kier molecular flexibility index (Phi) is 4.12. The van der Waals surface area contributed by atoms with Crippen LogP contribution < -0.4 is 5.56 Å². The quantitative estimate of drug-likeness (QED) is 0.739. The number of aromatic nitrogens is 3. The number of H-pyrrole nitrogens is 1. The molecule has 0 aliphatic rings. The lowest BCUT2D eigenvalue weighted by molar-refractivity contribution is 0.0512. The summed E-state index contributed by atoms with van der Waals surface area (Å²) >= 11 is 0. The Labute approximate surface area is 141 Å². The van der Waals surface area contributed by atoms with Crippen LogP contribution in [0.1, 0.15) is 28.8 Å². The zero-order valence-corrected chi connectivity index (χ0v) is 13.8. The van der Waals surface area contributed by atoms with E-state index in [1.165, 1.54) is 4.57 Å². The van der Waals surface area contributed by atoms with Gasteiger partial charge in [0, 0.05) is 11.8 Å². The van der Waals surface area contributed by atoms with E-state index >= 15 is 0 Å². The minimum atomic E-state index is -0.782. The van der Waals surface area contributed by atoms with E-state index in [0.717, 1.165) is 18.2 Å². The minimum Gasteiger partial charge on any atom is -0.460 e. The van der Waals surface area contributed by atoms with E-state index < -0.39 is 23.2 Å². The number of carbonyl (C=O) groups is 1. The van der Waals surface area contributed by atoms with Crippen molar-refractivity contribution in [3.63, 3.8) is 0 Å². The smallest absolute Gasteiger partial charge is 0.374 e. The number of halogens is 2. The van der Waals surface area contributed by atoms with Crippen molar-refractivity contribution in [1.29, 1.82) is 0 Å². The summed E-state index contributed by atoms with van der Waals surface area (Å²) in [7, 11) is 0. The maximum absolute atomic E-state index is 13.6. The van der Waals surface area contributed by atoms with Crippen molar-refractivity contribution in [2.24, 2.45) is 0 Å². The maximum atomic E-state index is 13.6. The SMILES string of the molecule is CCOC(=O)c1nc2c(c(C)c(C)n2-c2cc(F)cc(F)c2)c(=O)[nH]1. The summed E-state index contributed by atoms with van der Waals surface area (Å²) in [4.78, 5) is 30.8. The number of nitrogens with zero attached hydrogens (tertiary/aromatic N) is 2. The summed E-state index contributed by atoms with van der Waals surface area (Å²) < 4.78 is 33.5. The van der Waals surface area contributed by atoms with Crippen LogP contribution in [0.25, 0.3) is 16.7 Å². The van der Waals surface area contributed by atoms with Crippen LogP contribution in [-0.2, 0) is 4.74 Å². The molecule has 0 amide bonds. The fourth-order valence-corrected chi connectivity index (χ4v) is 2.75. The van der Waals surface area contributed by atoms with Gasteiger partial charge < -0.3 is 9.72 Å². The standard InChI is InChI=1S/C17H15F2N3O3/c1-4-25-17(24)14-20-15-13(16(23)21-14)8(2)9(3)22(15)12-6-10(18)5-11(19)7-12/h5-7H,4H2,1-3H3,(H,20,21,23). The highest BCUT2D eigenvalue weighted by atomic mass is 19.1. The van der Waals surface area contributed by atoms with Crippen LogP contribution in [-0.4, -0.2) is 27.1 Å². The van der Waals surface area contributed by atoms with Crippen LogP contribution in [0.5, 0.6) is 0 Å². The largest absolute Gasteiger partial charge is 0.460 e. The molecule has 1 N–H and O–H groups in total. The Hall–Kier alpha value is -3.03. The number of hydrogen-bond donors (Lipinski definition) is 1. The van der Waals surface area contributed by atoms with Crippen LogP contribution in [0.3, 0.4) is 0 Å². The van der Waals surface area contributed by atoms with Gasteiger partial charge >= 0.3 is 5.97 Å². The second-order valence-electron chi connectivity index (χ2n) is 5.51. The van der Waals surface area contributed by atoms with Crippen LogP contribution in [0.4, 0.5) is 8.78 Å². The third kappa shape index (κ3) is 2.79. The number of ether oxygens (including phenoxy) is 1. The summed E-state index contributed by atoms with van der Waals surface area (Å²) in [6.07, 6.45) is 0. The van der Waals surface area contributed by atoms with Gasteiger partial charge in [-0.1, -0.05) is 0 Å². The van der Waals surface area contributed by atoms with Crippen LogP contribution in [0.2, 0.25) is 0 Å². The highest BCUT2D eigenvalue weighted by Gasteiger charge is 2.21. The van der Waals surface area contributed by atoms with Gasteiger partial charge in [-0.2, -0.15) is 0 Å². The molecule has 2 aromatic heterocycles. The number of hydrogen-bond acceptors (Lipinski definition) is 4. The summed E-state index contributed by atoms with van der Waals surface area (Å²) in [6.45, 7) is 5.14. The van der Waals surface area contributed by atoms with Gasteiger partial charge in [-0.3, -0.25) is 9.36 Å². The number of carbonyl (C=O) groups excluding carboxylic acids is 1. The van der Waals surface area contributed by atoms with Gasteiger partial charge in [-0.15, -0.1) is 0 Å². The number of rotatable bonds is 3. The highest BCUT2D eigenvalue weighted by Crippen LogP contribution is 2.26. The Bertz CT molecular complexity index is 1030. The van der Waals surface area contributed by atoms with Gasteiger partial charge in [0.1, 0.15) is 11.6 Å². The first-order chi connectivity index (χ1) is 11.8. The van der Waals surface area contributed by atoms with E-state index in [9.17, 15) is 18.4 Å². The second kappa shape index (κ2) is 6.12. The van der Waals surface area contributed by atoms with E-state index in [1.54, 1.807) is 20.8 Å². The molecule has 0 saturated heterocycles. The fourth-order valence-electron chi connectivity index (χ4n) is 2.75. The van der Waals surface area contributed by atoms with Gasteiger partial charge in [0.05, 0.1) is 17.7 Å². The number of aromatic amines is 1. The molecule has 3 aromatic rings. The molecule has 0 aliphatic heterocycles. The van der Waals surface area contributed by atoms with Gasteiger partial charge in [-0.25, -0.2) is 18.6 Å². The van der Waals surface area contributed by atoms with Crippen LogP contribution in [0, 0.1) is 25.5 Å². The molecule has 8 heteroatoms. The highest BCUT2D eigenvalue weighted by molar-refractivity contribution is 5.89. The lowest BCUT2D eigenvalue weighted by Crippen LogP contribution is -2.18. The van der Waals surface area contributed by atoms with Crippen molar-refractivity contribution in [3.05, 3.63) is 57.3 Å². The van der Waals surface area contributed by atoms with Crippen LogP contribution in [0.15, 0.2) is 23.0 Å². The third-order valence-corrected chi connectivity index (χ3v) is 3.94. The van der Waals surface area contributed by atoms with Crippen molar-refractivity contribution < 1.29 is 18.3 Å². The van der Waals surface area contributed by atoms with E-state index in [0.29, 0.717) is 11.3 Å². The van der Waals surface area contributed by atoms with Crippen molar-refractivity contribution in [2.45, 2.75) is 20.8 Å². The number of benzene rings is 1. The molecule has 0 unspecified atom stereocenters. The Balaban J connectivity index is 2.37. The molecule has 6 nitrogen and oxygen atoms in total. The summed E-state index contributed by atoms with van der Waals surface area (Å²) in [5.74, 6) is -2.57. The molecule has 25 heavy (non-hydrogen) atoms. The lowest BCUT2D eigenvalue weighted by atomic mass is 10.2. The molecule has 0 bridgehead atoms. The molecule has 130 valence electrons. The maximum Gasteiger partial charge on any atom is 0.374 e. The fraction of sp³-hybridized carbons (Fsp3) is 0.235. The van der Waals surface area contributed by atoms with Crippen molar-refractivity contribution >= 4 is 17.0 Å². The number of nitrogens with one attached hydrogen (secondary N) is 1. The molecule has 0 spiro atoms. The van der Waals surface area contributed by atoms with Crippen molar-refractivity contribution in [1.82, 2.24) is 14.5 Å². The number of esters is 1. The summed E-state index contributed by atoms with van der Waals surface area (Å²) in [5.41, 5.74) is 0.958. The van der Waals surface area contributed by atoms with E-state index in [1.807, 2.05) is 0 Å². The van der Waals surface area contributed by atoms with Gasteiger partial charge in [-0.05, 0) is 38.5 Å². The topological polar surface area (TPSA) is 77.0 Å². The summed E-state index contributed by atoms with van der Waals surface area (Å²) in [6, 6.07) is 3.01. The molecule has 2 heterocycles. The molecule has 0 radical (unpaired) electrons. The molecule has 0 saturated carbocycles. The normalized spacial score (nSPS) is 11.1. The first-order valence-electron chi connectivity index (χ1n) is 7.59. The van der Waals surface area contributed by atoms with Crippen molar-refractivity contribution in [2.75, 3.05) is 6.61 Å². The van der Waals surface area contributed by atoms with E-state index in [4.69, 9.17) is 4.74 Å². The van der Waals surface area contributed by atoms with E-state index in [2.05, 4.69) is 9.97 Å². The average molecular weight is 347 g/mol. The molecule has 0 fully saturated rings.